The summed E-state index contributed by atoms with van der Waals surface area (Å²) < 4.78 is 0. The second-order valence-corrected chi connectivity index (χ2v) is 3.06. The quantitative estimate of drug-likeness (QED) is 0.756. The number of nitrogens with zero attached hydrogens (tertiary/aromatic N) is 4. The van der Waals surface area contributed by atoms with Crippen LogP contribution in [0.3, 0.4) is 0 Å². The number of benzene rings is 1. The summed E-state index contributed by atoms with van der Waals surface area (Å²) in [5.74, 6) is 0.557. The maximum atomic E-state index is 5.75. The van der Waals surface area contributed by atoms with Crippen LogP contribution in [0.4, 0.5) is 0 Å². The fraction of sp³-hybridized carbons (Fsp3) is 0. The summed E-state index contributed by atoms with van der Waals surface area (Å²) >= 11 is 5.75. The van der Waals surface area contributed by atoms with Crippen molar-refractivity contribution in [1.82, 2.24) is 20.2 Å². The predicted octanol–water partition coefficient (Wildman–Crippen LogP) is 2.09. The summed E-state index contributed by atoms with van der Waals surface area (Å²) in [6.07, 6.45) is 1.48. The molecule has 1 aromatic carbocycles. The fourth-order valence-electron chi connectivity index (χ4n) is 1.02. The summed E-state index contributed by atoms with van der Waals surface area (Å²) in [4.78, 5) is 1.31. The molecule has 0 radical (unpaired) electrons. The Morgan fingerprint density at radius 3 is 2.57 bits per heavy atom. The van der Waals surface area contributed by atoms with E-state index in [1.165, 1.54) is 11.0 Å². The monoisotopic (exact) mass is 206 g/mol. The highest BCUT2D eigenvalue weighted by Crippen LogP contribution is 2.16. The number of tetrazole rings is 1. The molecule has 0 bridgehead atoms. The first-order valence-electron chi connectivity index (χ1n) is 3.97. The Kier molecular flexibility index (Phi) is 2.28. The highest BCUT2D eigenvalue weighted by molar-refractivity contribution is 6.30. The zero-order valence-corrected chi connectivity index (χ0v) is 8.02. The molecule has 0 aliphatic heterocycles. The molecule has 1 aromatic heterocycles. The molecule has 2 aromatic rings. The van der Waals surface area contributed by atoms with Gasteiger partial charge in [0.15, 0.2) is 0 Å². The second kappa shape index (κ2) is 3.59. The number of rotatable bonds is 2. The van der Waals surface area contributed by atoms with Crippen LogP contribution in [-0.2, 0) is 0 Å². The lowest BCUT2D eigenvalue weighted by Crippen LogP contribution is -1.89. The minimum Gasteiger partial charge on any atom is -0.139 e. The first-order valence-corrected chi connectivity index (χ1v) is 4.35. The summed E-state index contributed by atoms with van der Waals surface area (Å²) in [6.45, 7) is 3.53. The van der Waals surface area contributed by atoms with E-state index in [-0.39, 0.29) is 0 Å². The molecule has 70 valence electrons. The molecule has 0 aliphatic rings. The maximum Gasteiger partial charge on any atom is 0.205 e. The van der Waals surface area contributed by atoms with Gasteiger partial charge in [-0.2, -0.15) is 0 Å². The van der Waals surface area contributed by atoms with E-state index in [9.17, 15) is 0 Å². The molecule has 0 atom stereocenters. The molecule has 5 heteroatoms. The number of hydrogen-bond donors (Lipinski definition) is 0. The molecule has 0 unspecified atom stereocenters. The number of halogens is 1. The van der Waals surface area contributed by atoms with Crippen LogP contribution in [0.1, 0.15) is 0 Å². The molecular weight excluding hydrogens is 200 g/mol. The van der Waals surface area contributed by atoms with Crippen molar-refractivity contribution in [3.8, 4) is 11.4 Å². The van der Waals surface area contributed by atoms with E-state index >= 15 is 0 Å². The minimum atomic E-state index is 0.557. The van der Waals surface area contributed by atoms with Crippen molar-refractivity contribution >= 4 is 17.8 Å². The van der Waals surface area contributed by atoms with E-state index in [0.29, 0.717) is 10.8 Å². The van der Waals surface area contributed by atoms with E-state index in [1.807, 2.05) is 12.1 Å². The van der Waals surface area contributed by atoms with Crippen molar-refractivity contribution < 1.29 is 0 Å². The second-order valence-electron chi connectivity index (χ2n) is 2.62. The summed E-state index contributed by atoms with van der Waals surface area (Å²) in [6, 6.07) is 7.25. The van der Waals surface area contributed by atoms with Crippen LogP contribution in [0.2, 0.25) is 5.02 Å². The Balaban J connectivity index is 2.39. The SMILES string of the molecule is C=Cn1nnc(-c2ccc(Cl)cc2)n1. The zero-order chi connectivity index (χ0) is 9.97. The third kappa shape index (κ3) is 1.65. The highest BCUT2D eigenvalue weighted by atomic mass is 35.5. The van der Waals surface area contributed by atoms with Crippen LogP contribution in [0.5, 0.6) is 0 Å². The lowest BCUT2D eigenvalue weighted by atomic mass is 10.2. The van der Waals surface area contributed by atoms with Crippen molar-refractivity contribution in [2.45, 2.75) is 0 Å². The van der Waals surface area contributed by atoms with Crippen LogP contribution in [0.25, 0.3) is 17.6 Å². The van der Waals surface area contributed by atoms with Crippen LogP contribution in [-0.4, -0.2) is 20.2 Å². The van der Waals surface area contributed by atoms with Gasteiger partial charge in [0.2, 0.25) is 5.82 Å². The lowest BCUT2D eigenvalue weighted by Gasteiger charge is -1.93. The minimum absolute atomic E-state index is 0.557. The van der Waals surface area contributed by atoms with E-state index in [0.717, 1.165) is 5.56 Å². The molecule has 0 fully saturated rings. The molecule has 2 rings (SSSR count). The topological polar surface area (TPSA) is 43.6 Å². The standard InChI is InChI=1S/C9H7ClN4/c1-2-14-12-9(11-13-14)7-3-5-8(10)6-4-7/h2-6H,1H2. The van der Waals surface area contributed by atoms with Crippen molar-refractivity contribution in [2.75, 3.05) is 0 Å². The average Bonchev–Trinajstić information content (AvgIpc) is 2.67. The molecule has 0 amide bonds. The lowest BCUT2D eigenvalue weighted by molar-refractivity contribution is 0.760. The third-order valence-electron chi connectivity index (χ3n) is 1.69. The molecule has 0 saturated heterocycles. The van der Waals surface area contributed by atoms with E-state index in [4.69, 9.17) is 11.6 Å². The van der Waals surface area contributed by atoms with Gasteiger partial charge in [-0.15, -0.1) is 15.0 Å². The largest absolute Gasteiger partial charge is 0.205 e. The van der Waals surface area contributed by atoms with E-state index < -0.39 is 0 Å². The number of aromatic nitrogens is 4. The smallest absolute Gasteiger partial charge is 0.139 e. The van der Waals surface area contributed by atoms with Gasteiger partial charge in [0.1, 0.15) is 0 Å². The van der Waals surface area contributed by atoms with Gasteiger partial charge in [-0.3, -0.25) is 0 Å². The van der Waals surface area contributed by atoms with Gasteiger partial charge in [0, 0.05) is 16.8 Å². The molecule has 0 N–H and O–H groups in total. The first-order chi connectivity index (χ1) is 6.79. The normalized spacial score (nSPS) is 10.1. The maximum absolute atomic E-state index is 5.75. The van der Waals surface area contributed by atoms with Crippen molar-refractivity contribution in [2.24, 2.45) is 0 Å². The third-order valence-corrected chi connectivity index (χ3v) is 1.95. The van der Waals surface area contributed by atoms with Crippen LogP contribution in [0, 0.1) is 0 Å². The van der Waals surface area contributed by atoms with E-state index in [1.54, 1.807) is 12.1 Å². The fourth-order valence-corrected chi connectivity index (χ4v) is 1.14. The summed E-state index contributed by atoms with van der Waals surface area (Å²) in [5.41, 5.74) is 0.877. The van der Waals surface area contributed by atoms with Crippen molar-refractivity contribution in [1.29, 1.82) is 0 Å². The van der Waals surface area contributed by atoms with E-state index in [2.05, 4.69) is 22.0 Å². The Morgan fingerprint density at radius 2 is 2.00 bits per heavy atom. The van der Waals surface area contributed by atoms with Gasteiger partial charge < -0.3 is 0 Å². The predicted molar refractivity (Wildman–Crippen MR) is 54.7 cm³/mol. The molecule has 0 saturated carbocycles. The van der Waals surface area contributed by atoms with Crippen molar-refractivity contribution in [3.63, 3.8) is 0 Å². The molecule has 0 aliphatic carbocycles. The molecule has 1 heterocycles. The van der Waals surface area contributed by atoms with Gasteiger partial charge in [0.25, 0.3) is 0 Å². The van der Waals surface area contributed by atoms with Gasteiger partial charge in [-0.25, -0.2) is 0 Å². The van der Waals surface area contributed by atoms with Crippen LogP contribution in [0.15, 0.2) is 30.8 Å². The van der Waals surface area contributed by atoms with Crippen LogP contribution < -0.4 is 0 Å². The highest BCUT2D eigenvalue weighted by Gasteiger charge is 2.03. The molecule has 14 heavy (non-hydrogen) atoms. The van der Waals surface area contributed by atoms with Gasteiger partial charge in [-0.1, -0.05) is 18.2 Å². The Labute approximate surface area is 85.8 Å². The Morgan fingerprint density at radius 1 is 1.29 bits per heavy atom. The number of hydrogen-bond acceptors (Lipinski definition) is 3. The van der Waals surface area contributed by atoms with Gasteiger partial charge >= 0.3 is 0 Å². The Bertz CT molecular complexity index is 446. The average molecular weight is 207 g/mol. The first kappa shape index (κ1) is 8.90. The molecule has 0 spiro atoms. The molecule has 4 nitrogen and oxygen atoms in total. The summed E-state index contributed by atoms with van der Waals surface area (Å²) in [5, 5.41) is 12.4. The zero-order valence-electron chi connectivity index (χ0n) is 7.26. The summed E-state index contributed by atoms with van der Waals surface area (Å²) in [7, 11) is 0. The Hall–Kier alpha value is -1.68. The molecular formula is C9H7ClN4. The van der Waals surface area contributed by atoms with Crippen molar-refractivity contribution in [3.05, 3.63) is 35.9 Å². The van der Waals surface area contributed by atoms with Gasteiger partial charge in [0.05, 0.1) is 0 Å². The van der Waals surface area contributed by atoms with Crippen LogP contribution >= 0.6 is 11.6 Å². The van der Waals surface area contributed by atoms with Gasteiger partial charge in [-0.05, 0) is 29.5 Å².